The summed E-state index contributed by atoms with van der Waals surface area (Å²) in [4.78, 5) is 37.9. The average Bonchev–Trinajstić information content (AvgIpc) is 3.39. The summed E-state index contributed by atoms with van der Waals surface area (Å²) in [5, 5.41) is 10.2. The minimum atomic E-state index is -4.89. The third-order valence-electron chi connectivity index (χ3n) is 6.14. The maximum absolute atomic E-state index is 14.1. The van der Waals surface area contributed by atoms with E-state index < -0.39 is 29.9 Å². The Morgan fingerprint density at radius 3 is 2.68 bits per heavy atom. The van der Waals surface area contributed by atoms with Gasteiger partial charge in [-0.2, -0.15) is 0 Å². The monoisotopic (exact) mass is 517 g/mol. The third kappa shape index (κ3) is 5.29. The summed E-state index contributed by atoms with van der Waals surface area (Å²) in [5.41, 5.74) is 2.31. The molecule has 9 nitrogen and oxygen atoms in total. The second-order valence-corrected chi connectivity index (χ2v) is 8.78. The molecule has 2 aliphatic heterocycles. The summed E-state index contributed by atoms with van der Waals surface area (Å²) < 4.78 is 56.9. The quantitative estimate of drug-likeness (QED) is 0.398. The summed E-state index contributed by atoms with van der Waals surface area (Å²) in [6, 6.07) is 7.26. The summed E-state index contributed by atoms with van der Waals surface area (Å²) in [6.45, 7) is 0.499. The fraction of sp³-hybridized carbons (Fsp3) is 0.292. The Hall–Kier alpha value is -4.29. The SMILES string of the molecule is O=C1CCC(N2Cc3cc(Cn4cc(Cc5cc(OC(F)(F)F)ccc5F)nn4)ccc3C2=O)C(=O)N1. The van der Waals surface area contributed by atoms with Crippen LogP contribution >= 0.6 is 0 Å². The van der Waals surface area contributed by atoms with Crippen LogP contribution in [0.25, 0.3) is 0 Å². The molecule has 37 heavy (non-hydrogen) atoms. The Labute approximate surface area is 207 Å². The van der Waals surface area contributed by atoms with Crippen molar-refractivity contribution in [2.75, 3.05) is 0 Å². The van der Waals surface area contributed by atoms with Crippen molar-refractivity contribution < 1.29 is 36.7 Å². The lowest BCUT2D eigenvalue weighted by Gasteiger charge is -2.29. The number of aromatic nitrogens is 3. The lowest BCUT2D eigenvalue weighted by molar-refractivity contribution is -0.274. The van der Waals surface area contributed by atoms with Crippen molar-refractivity contribution in [3.63, 3.8) is 0 Å². The smallest absolute Gasteiger partial charge is 0.406 e. The van der Waals surface area contributed by atoms with Crippen LogP contribution in [0, 0.1) is 5.82 Å². The van der Waals surface area contributed by atoms with E-state index in [4.69, 9.17) is 0 Å². The Morgan fingerprint density at radius 2 is 1.92 bits per heavy atom. The van der Waals surface area contributed by atoms with Crippen LogP contribution < -0.4 is 10.1 Å². The molecule has 0 aliphatic carbocycles. The number of rotatable bonds is 6. The Bertz CT molecular complexity index is 1400. The number of benzene rings is 2. The first-order valence-electron chi connectivity index (χ1n) is 11.3. The van der Waals surface area contributed by atoms with Gasteiger partial charge in [-0.05, 0) is 47.4 Å². The fourth-order valence-electron chi connectivity index (χ4n) is 4.49. The van der Waals surface area contributed by atoms with Crippen LogP contribution in [-0.4, -0.2) is 50.0 Å². The van der Waals surface area contributed by atoms with E-state index in [0.29, 0.717) is 11.3 Å². The molecular weight excluding hydrogens is 498 g/mol. The highest BCUT2D eigenvalue weighted by molar-refractivity contribution is 6.05. The third-order valence-corrected chi connectivity index (χ3v) is 6.14. The lowest BCUT2D eigenvalue weighted by Crippen LogP contribution is -2.52. The Balaban J connectivity index is 1.26. The van der Waals surface area contributed by atoms with Gasteiger partial charge >= 0.3 is 6.36 Å². The van der Waals surface area contributed by atoms with E-state index in [9.17, 15) is 31.9 Å². The van der Waals surface area contributed by atoms with Gasteiger partial charge in [0.05, 0.1) is 12.2 Å². The molecule has 3 amide bonds. The van der Waals surface area contributed by atoms with Gasteiger partial charge in [0, 0.05) is 31.1 Å². The summed E-state index contributed by atoms with van der Waals surface area (Å²) >= 11 is 0. The molecule has 0 radical (unpaired) electrons. The predicted octanol–water partition coefficient (Wildman–Crippen LogP) is 2.72. The molecular formula is C24H19F4N5O4. The van der Waals surface area contributed by atoms with Crippen LogP contribution in [0.15, 0.2) is 42.6 Å². The van der Waals surface area contributed by atoms with Crippen molar-refractivity contribution >= 4 is 17.7 Å². The first-order valence-corrected chi connectivity index (χ1v) is 11.3. The molecule has 1 N–H and O–H groups in total. The number of alkyl halides is 3. The zero-order valence-corrected chi connectivity index (χ0v) is 19.1. The summed E-state index contributed by atoms with van der Waals surface area (Å²) in [6.07, 6.45) is -3.01. The number of fused-ring (bicyclic) bond motifs is 1. The number of hydrogen-bond donors (Lipinski definition) is 1. The van der Waals surface area contributed by atoms with Crippen LogP contribution in [0.2, 0.25) is 0 Å². The number of ether oxygens (including phenoxy) is 1. The zero-order chi connectivity index (χ0) is 26.3. The molecule has 3 heterocycles. The van der Waals surface area contributed by atoms with Gasteiger partial charge in [-0.25, -0.2) is 9.07 Å². The van der Waals surface area contributed by atoms with Gasteiger partial charge in [0.2, 0.25) is 11.8 Å². The zero-order valence-electron chi connectivity index (χ0n) is 19.1. The minimum Gasteiger partial charge on any atom is -0.406 e. The van der Waals surface area contributed by atoms with E-state index in [-0.39, 0.29) is 49.7 Å². The van der Waals surface area contributed by atoms with E-state index in [1.807, 2.05) is 6.07 Å². The van der Waals surface area contributed by atoms with Crippen molar-refractivity contribution in [1.29, 1.82) is 0 Å². The Kier molecular flexibility index (Phi) is 6.13. The van der Waals surface area contributed by atoms with E-state index >= 15 is 0 Å². The average molecular weight is 517 g/mol. The van der Waals surface area contributed by atoms with Gasteiger partial charge in [-0.15, -0.1) is 18.3 Å². The number of halogens is 4. The standard InChI is InChI=1S/C24H19F4N5O4/c25-19-4-2-17(37-24(26,27)28)9-14(19)8-16-12-32(31-30-16)10-13-1-3-18-15(7-13)11-33(23(18)36)20-5-6-21(34)29-22(20)35/h1-4,7,9,12,20H,5-6,8,10-11H2,(H,29,34,35). The molecule has 192 valence electrons. The number of imide groups is 1. The van der Waals surface area contributed by atoms with Crippen molar-refractivity contribution in [2.45, 2.75) is 44.8 Å². The van der Waals surface area contributed by atoms with Gasteiger partial charge in [0.15, 0.2) is 0 Å². The highest BCUT2D eigenvalue weighted by Crippen LogP contribution is 2.29. The molecule has 13 heteroatoms. The van der Waals surface area contributed by atoms with Gasteiger partial charge in [0.25, 0.3) is 5.91 Å². The predicted molar refractivity (Wildman–Crippen MR) is 118 cm³/mol. The molecule has 2 aromatic carbocycles. The van der Waals surface area contributed by atoms with Crippen LogP contribution in [0.3, 0.4) is 0 Å². The number of carbonyl (C=O) groups is 3. The molecule has 0 bridgehead atoms. The van der Waals surface area contributed by atoms with E-state index in [1.54, 1.807) is 18.3 Å². The number of carbonyl (C=O) groups excluding carboxylic acids is 3. The second kappa shape index (κ2) is 9.30. The second-order valence-electron chi connectivity index (χ2n) is 8.78. The number of nitrogens with one attached hydrogen (secondary N) is 1. The van der Waals surface area contributed by atoms with Crippen molar-refractivity contribution in [3.8, 4) is 5.75 Å². The highest BCUT2D eigenvalue weighted by Gasteiger charge is 2.39. The maximum atomic E-state index is 14.1. The summed E-state index contributed by atoms with van der Waals surface area (Å²) in [7, 11) is 0. The van der Waals surface area contributed by atoms with Crippen molar-refractivity contribution in [3.05, 3.63) is 76.4 Å². The number of nitrogens with zero attached hydrogens (tertiary/aromatic N) is 4. The van der Waals surface area contributed by atoms with Gasteiger partial charge in [0.1, 0.15) is 17.6 Å². The first kappa shape index (κ1) is 24.4. The van der Waals surface area contributed by atoms with Crippen LogP contribution in [0.4, 0.5) is 17.6 Å². The van der Waals surface area contributed by atoms with Gasteiger partial charge < -0.3 is 9.64 Å². The molecule has 2 aliphatic rings. The van der Waals surface area contributed by atoms with Crippen LogP contribution in [0.5, 0.6) is 5.75 Å². The first-order chi connectivity index (χ1) is 17.6. The molecule has 0 spiro atoms. The van der Waals surface area contributed by atoms with E-state index in [0.717, 1.165) is 29.3 Å². The molecule has 1 aromatic heterocycles. The number of piperidine rings is 1. The number of amides is 3. The van der Waals surface area contributed by atoms with Crippen LogP contribution in [0.1, 0.15) is 45.6 Å². The molecule has 3 aromatic rings. The molecule has 1 unspecified atom stereocenters. The molecule has 5 rings (SSSR count). The van der Waals surface area contributed by atoms with Gasteiger partial charge in [-0.1, -0.05) is 17.3 Å². The molecule has 1 atom stereocenters. The molecule has 0 saturated carbocycles. The lowest BCUT2D eigenvalue weighted by atomic mass is 10.0. The van der Waals surface area contributed by atoms with Crippen LogP contribution in [-0.2, 0) is 29.1 Å². The highest BCUT2D eigenvalue weighted by atomic mass is 19.4. The largest absolute Gasteiger partial charge is 0.573 e. The van der Waals surface area contributed by atoms with Gasteiger partial charge in [-0.3, -0.25) is 19.7 Å². The van der Waals surface area contributed by atoms with Crippen molar-refractivity contribution in [1.82, 2.24) is 25.2 Å². The summed E-state index contributed by atoms with van der Waals surface area (Å²) in [5.74, 6) is -2.36. The molecule has 1 saturated heterocycles. The number of hydrogen-bond acceptors (Lipinski definition) is 6. The van der Waals surface area contributed by atoms with E-state index in [1.165, 1.54) is 9.58 Å². The van der Waals surface area contributed by atoms with Crippen molar-refractivity contribution in [2.24, 2.45) is 0 Å². The van der Waals surface area contributed by atoms with E-state index in [2.05, 4.69) is 20.4 Å². The Morgan fingerprint density at radius 1 is 1.11 bits per heavy atom. The topological polar surface area (TPSA) is 106 Å². The maximum Gasteiger partial charge on any atom is 0.573 e. The fourth-order valence-corrected chi connectivity index (χ4v) is 4.49. The molecule has 1 fully saturated rings. The minimum absolute atomic E-state index is 0.0293. The normalized spacial score (nSPS) is 17.7.